The third-order valence-corrected chi connectivity index (χ3v) is 13.1. The molecule has 0 aromatic carbocycles. The van der Waals surface area contributed by atoms with E-state index in [2.05, 4.69) is 26.6 Å². The minimum atomic E-state index is -1.23. The van der Waals surface area contributed by atoms with Crippen LogP contribution < -0.4 is 26.6 Å². The first kappa shape index (κ1) is 66.3. The van der Waals surface area contributed by atoms with Crippen LogP contribution in [0.4, 0.5) is 9.59 Å². The summed E-state index contributed by atoms with van der Waals surface area (Å²) in [5.41, 5.74) is 0. The van der Waals surface area contributed by atoms with Crippen molar-refractivity contribution < 1.29 is 48.3 Å². The summed E-state index contributed by atoms with van der Waals surface area (Å²) >= 11 is 0. The summed E-state index contributed by atoms with van der Waals surface area (Å²) in [7, 11) is 10.5. The molecule has 9 atom stereocenters. The molecule has 6 N–H and O–H groups in total. The van der Waals surface area contributed by atoms with Crippen molar-refractivity contribution in [3.63, 3.8) is 0 Å². The highest BCUT2D eigenvalue weighted by Crippen LogP contribution is 2.22. The molecule has 11 amide bonds. The van der Waals surface area contributed by atoms with Gasteiger partial charge in [0.2, 0.25) is 35.9 Å². The van der Waals surface area contributed by atoms with Crippen LogP contribution in [0.15, 0.2) is 0 Å². The average molecular weight is 1010 g/mol. The zero-order valence-electron chi connectivity index (χ0n) is 46.9. The van der Waals surface area contributed by atoms with Crippen LogP contribution in [0.1, 0.15) is 129 Å². The molecule has 0 spiro atoms. The van der Waals surface area contributed by atoms with E-state index in [-0.39, 0.29) is 49.0 Å². The van der Waals surface area contributed by atoms with Crippen LogP contribution in [-0.2, 0) is 33.6 Å². The number of aliphatic hydroxyl groups is 1. The number of hydrogen-bond acceptors (Lipinski definition) is 13. The molecule has 0 saturated carbocycles. The first-order valence-electron chi connectivity index (χ1n) is 25.3. The van der Waals surface area contributed by atoms with Gasteiger partial charge in [-0.3, -0.25) is 59.3 Å². The van der Waals surface area contributed by atoms with Gasteiger partial charge in [-0.05, 0) is 102 Å². The highest BCUT2D eigenvalue weighted by molar-refractivity contribution is 6.02. The lowest BCUT2D eigenvalue weighted by Gasteiger charge is -2.41. The van der Waals surface area contributed by atoms with E-state index in [0.717, 1.165) is 9.80 Å². The normalized spacial score (nSPS) is 15.5. The molecule has 0 radical (unpaired) electrons. The number of hydrogen-bond donors (Lipinski definition) is 6. The summed E-state index contributed by atoms with van der Waals surface area (Å²) in [5.74, 6) is -3.76. The van der Waals surface area contributed by atoms with Gasteiger partial charge < -0.3 is 35.3 Å². The molecule has 0 bridgehead atoms. The van der Waals surface area contributed by atoms with Crippen molar-refractivity contribution in [1.29, 1.82) is 0 Å². The van der Waals surface area contributed by atoms with E-state index in [4.69, 9.17) is 0 Å². The van der Waals surface area contributed by atoms with Gasteiger partial charge in [0.05, 0.1) is 24.4 Å². The van der Waals surface area contributed by atoms with Gasteiger partial charge in [0.25, 0.3) is 5.91 Å². The molecule has 0 rings (SSSR count). The number of carbonyl (C=O) groups is 9. The highest BCUT2D eigenvalue weighted by atomic mass is 16.3. The Kier molecular flexibility index (Phi) is 29.6. The summed E-state index contributed by atoms with van der Waals surface area (Å²) in [5, 5.41) is 23.5. The second-order valence-electron chi connectivity index (χ2n) is 21.3. The largest absolute Gasteiger partial charge is 0.396 e. The van der Waals surface area contributed by atoms with Gasteiger partial charge in [-0.1, -0.05) is 76.2 Å². The van der Waals surface area contributed by atoms with Crippen molar-refractivity contribution in [1.82, 2.24) is 56.0 Å². The predicted molar refractivity (Wildman–Crippen MR) is 275 cm³/mol. The lowest BCUT2D eigenvalue weighted by Crippen LogP contribution is -2.63. The summed E-state index contributed by atoms with van der Waals surface area (Å²) in [6, 6.07) is -7.50. The Balaban J connectivity index is 6.67. The summed E-state index contributed by atoms with van der Waals surface area (Å²) in [4.78, 5) is 129. The lowest BCUT2D eigenvalue weighted by atomic mass is 9.96. The molecule has 0 aliphatic heterocycles. The second kappa shape index (κ2) is 31.7. The van der Waals surface area contributed by atoms with Crippen LogP contribution in [0.5, 0.6) is 0 Å². The maximum absolute atomic E-state index is 14.5. The lowest BCUT2D eigenvalue weighted by molar-refractivity contribution is -0.144. The molecule has 0 aromatic heterocycles. The van der Waals surface area contributed by atoms with Gasteiger partial charge in [-0.25, -0.2) is 9.59 Å². The number of urea groups is 2. The van der Waals surface area contributed by atoms with E-state index in [9.17, 15) is 48.3 Å². The Morgan fingerprint density at radius 1 is 0.577 bits per heavy atom. The Morgan fingerprint density at radius 2 is 1.11 bits per heavy atom. The Bertz CT molecular complexity index is 1750. The van der Waals surface area contributed by atoms with Crippen LogP contribution >= 0.6 is 0 Å². The summed E-state index contributed by atoms with van der Waals surface area (Å²) in [6.45, 7) is 24.1. The van der Waals surface area contributed by atoms with E-state index in [1.54, 1.807) is 27.8 Å². The van der Waals surface area contributed by atoms with Crippen LogP contribution in [0, 0.1) is 35.5 Å². The Morgan fingerprint density at radius 3 is 1.58 bits per heavy atom. The van der Waals surface area contributed by atoms with Gasteiger partial charge in [-0.15, -0.1) is 0 Å². The monoisotopic (exact) mass is 1010 g/mol. The van der Waals surface area contributed by atoms with Crippen LogP contribution in [0.3, 0.4) is 0 Å². The maximum Gasteiger partial charge on any atom is 0.326 e. The molecular formula is C50H95N11O10. The molecule has 21 nitrogen and oxygen atoms in total. The minimum Gasteiger partial charge on any atom is -0.396 e. The third-order valence-electron chi connectivity index (χ3n) is 13.1. The number of aliphatic hydroxyl groups excluding tert-OH is 1. The van der Waals surface area contributed by atoms with Crippen molar-refractivity contribution in [3.05, 3.63) is 0 Å². The first-order valence-corrected chi connectivity index (χ1v) is 25.3. The summed E-state index contributed by atoms with van der Waals surface area (Å²) in [6.07, 6.45) is 1.63. The molecule has 410 valence electrons. The molecule has 0 saturated heterocycles. The maximum atomic E-state index is 14.5. The molecule has 2 unspecified atom stereocenters. The van der Waals surface area contributed by atoms with Gasteiger partial charge in [-0.2, -0.15) is 0 Å². The van der Waals surface area contributed by atoms with Crippen LogP contribution in [0.25, 0.3) is 0 Å². The number of amides is 11. The minimum absolute atomic E-state index is 0.0357. The molecule has 0 fully saturated rings. The third kappa shape index (κ3) is 20.7. The van der Waals surface area contributed by atoms with E-state index >= 15 is 0 Å². The van der Waals surface area contributed by atoms with Crippen molar-refractivity contribution in [2.75, 3.05) is 55.9 Å². The van der Waals surface area contributed by atoms with E-state index in [0.29, 0.717) is 32.1 Å². The molecule has 0 aliphatic rings. The molecule has 0 heterocycles. The van der Waals surface area contributed by atoms with E-state index in [1.807, 2.05) is 74.3 Å². The van der Waals surface area contributed by atoms with Gasteiger partial charge >= 0.3 is 12.1 Å². The fraction of sp³-hybridized carbons (Fsp3) is 0.820. The van der Waals surface area contributed by atoms with E-state index < -0.39 is 102 Å². The quantitative estimate of drug-likeness (QED) is 0.0448. The van der Waals surface area contributed by atoms with Crippen molar-refractivity contribution in [2.24, 2.45) is 35.5 Å². The zero-order valence-corrected chi connectivity index (χ0v) is 46.9. The van der Waals surface area contributed by atoms with Crippen molar-refractivity contribution in [3.8, 4) is 0 Å². The molecule has 71 heavy (non-hydrogen) atoms. The SMILES string of the molecule is CN[C@@H](CC(C)C)C(=O)N(C)C(=O)N(C)C(C(=O)N(C)[C@@H](CC[C@H](C)CCO)C(=O)NC(=O)N(C)[C@H](C)C(=O)N(C)[C@@H](CC(C)C)C(=O)NC(C(C)C)N(C)[C@@H](CC(C)C)N[C@H](C)C(=O)NC=O)C(C)C. The van der Waals surface area contributed by atoms with Gasteiger partial charge in [0.1, 0.15) is 24.2 Å². The molecule has 21 heteroatoms. The Hall–Kier alpha value is -4.73. The predicted octanol–water partition coefficient (Wildman–Crippen LogP) is 2.86. The average Bonchev–Trinajstić information content (AvgIpc) is 3.28. The zero-order chi connectivity index (χ0) is 55.4. The molecule has 0 aliphatic carbocycles. The fourth-order valence-corrected chi connectivity index (χ4v) is 8.54. The van der Waals surface area contributed by atoms with Crippen molar-refractivity contribution >= 4 is 53.9 Å². The van der Waals surface area contributed by atoms with Crippen LogP contribution in [-0.4, -0.2) is 193 Å². The molecule has 0 aromatic rings. The topological polar surface area (TPSA) is 253 Å². The van der Waals surface area contributed by atoms with Crippen molar-refractivity contribution in [2.45, 2.75) is 177 Å². The van der Waals surface area contributed by atoms with Gasteiger partial charge in [0.15, 0.2) is 0 Å². The standard InChI is InChI=1S/C50H95N11O10/c1-29(2)25-37(51-14)47(68)61(20)50(71)60(19)41(32(7)8)48(69)57(16)38(22-21-34(11)23-24-62)44(65)55-49(70)56(15)36(13)46(67)58(17)39(26-30(3)4)45(66)54-42(33(9)10)59(18)40(27-31(5)6)53-35(12)43(64)52-28-63/h28-42,51,53,62H,21-27H2,1-20H3,(H,54,66)(H,52,63,64)(H,55,65,70)/t34-,35+,36+,37-,38-,39-,40-,41?,42?/m0/s1. The smallest absolute Gasteiger partial charge is 0.326 e. The number of nitrogens with one attached hydrogen (secondary N) is 5. The number of imide groups is 3. The number of nitrogens with zero attached hydrogens (tertiary/aromatic N) is 6. The number of carbonyl (C=O) groups excluding carboxylic acids is 9. The molecular weight excluding hydrogens is 915 g/mol. The number of rotatable bonds is 30. The fourth-order valence-electron chi connectivity index (χ4n) is 8.54. The first-order chi connectivity index (χ1) is 32.8. The van der Waals surface area contributed by atoms with E-state index in [1.165, 1.54) is 56.9 Å². The highest BCUT2D eigenvalue weighted by Gasteiger charge is 2.41. The number of likely N-dealkylation sites (N-methyl/N-ethyl adjacent to an activating group) is 6. The second-order valence-corrected chi connectivity index (χ2v) is 21.3. The van der Waals surface area contributed by atoms with Crippen LogP contribution in [0.2, 0.25) is 0 Å². The van der Waals surface area contributed by atoms with Gasteiger partial charge in [0, 0.05) is 41.8 Å². The summed E-state index contributed by atoms with van der Waals surface area (Å²) < 4.78 is 0. The Labute approximate surface area is 425 Å².